The van der Waals surface area contributed by atoms with Gasteiger partial charge in [-0.25, -0.2) is 0 Å². The molecule has 1 aromatic carbocycles. The summed E-state index contributed by atoms with van der Waals surface area (Å²) in [6.07, 6.45) is 6.05. The van der Waals surface area contributed by atoms with Crippen LogP contribution in [0.4, 0.5) is 0 Å². The van der Waals surface area contributed by atoms with Gasteiger partial charge in [-0.15, -0.1) is 0 Å². The molecule has 7 nitrogen and oxygen atoms in total. The molecule has 1 aromatic heterocycles. The van der Waals surface area contributed by atoms with E-state index in [1.165, 1.54) is 16.7 Å². The van der Waals surface area contributed by atoms with Crippen LogP contribution in [0.15, 0.2) is 41.7 Å². The maximum Gasteiger partial charge on any atom is 0.191 e. The molecule has 1 aliphatic rings. The van der Waals surface area contributed by atoms with E-state index < -0.39 is 0 Å². The lowest BCUT2D eigenvalue weighted by atomic mass is 10.1. The summed E-state index contributed by atoms with van der Waals surface area (Å²) in [4.78, 5) is 6.80. The SMILES string of the molecule is CN=C(NCCCc1cnn(C)c1)NCc1ccccc1CN1CCOCC1. The number of hydrogen-bond donors (Lipinski definition) is 2. The summed E-state index contributed by atoms with van der Waals surface area (Å²) in [5.74, 6) is 0.840. The summed E-state index contributed by atoms with van der Waals surface area (Å²) in [6.45, 7) is 6.28. The zero-order chi connectivity index (χ0) is 19.6. The van der Waals surface area contributed by atoms with E-state index in [2.05, 4.69) is 56.1 Å². The second-order valence-corrected chi connectivity index (χ2v) is 7.14. The summed E-state index contributed by atoms with van der Waals surface area (Å²) in [6, 6.07) is 8.63. The second kappa shape index (κ2) is 10.8. The Kier molecular flexibility index (Phi) is 7.87. The van der Waals surface area contributed by atoms with Gasteiger partial charge in [0.05, 0.1) is 19.4 Å². The Morgan fingerprint density at radius 2 is 1.96 bits per heavy atom. The van der Waals surface area contributed by atoms with Crippen LogP contribution in [-0.2, 0) is 31.3 Å². The first-order valence-corrected chi connectivity index (χ1v) is 10.0. The van der Waals surface area contributed by atoms with E-state index in [4.69, 9.17) is 4.74 Å². The number of hydrogen-bond acceptors (Lipinski definition) is 4. The lowest BCUT2D eigenvalue weighted by Gasteiger charge is -2.27. The molecule has 28 heavy (non-hydrogen) atoms. The Labute approximate surface area is 167 Å². The van der Waals surface area contributed by atoms with Gasteiger partial charge in [-0.3, -0.25) is 14.6 Å². The fraction of sp³-hybridized carbons (Fsp3) is 0.524. The number of ether oxygens (including phenoxy) is 1. The maximum absolute atomic E-state index is 5.45. The molecular weight excluding hydrogens is 352 g/mol. The molecule has 3 rings (SSSR count). The van der Waals surface area contributed by atoms with Crippen molar-refractivity contribution < 1.29 is 4.74 Å². The molecule has 152 valence electrons. The van der Waals surface area contributed by atoms with Crippen molar-refractivity contribution in [1.29, 1.82) is 0 Å². The monoisotopic (exact) mass is 384 g/mol. The summed E-state index contributed by atoms with van der Waals surface area (Å²) in [5, 5.41) is 11.1. The molecule has 1 fully saturated rings. The molecule has 2 aromatic rings. The van der Waals surface area contributed by atoms with Gasteiger partial charge in [-0.05, 0) is 29.5 Å². The number of aliphatic imine (C=N–C) groups is 1. The van der Waals surface area contributed by atoms with E-state index in [-0.39, 0.29) is 0 Å². The largest absolute Gasteiger partial charge is 0.379 e. The van der Waals surface area contributed by atoms with E-state index >= 15 is 0 Å². The van der Waals surface area contributed by atoms with Gasteiger partial charge in [-0.1, -0.05) is 24.3 Å². The van der Waals surface area contributed by atoms with Gasteiger partial charge >= 0.3 is 0 Å². The van der Waals surface area contributed by atoms with Crippen LogP contribution >= 0.6 is 0 Å². The third-order valence-corrected chi connectivity index (χ3v) is 4.98. The van der Waals surface area contributed by atoms with Crippen molar-refractivity contribution in [2.45, 2.75) is 25.9 Å². The number of nitrogens with zero attached hydrogens (tertiary/aromatic N) is 4. The van der Waals surface area contributed by atoms with Crippen LogP contribution in [0.25, 0.3) is 0 Å². The Bertz CT molecular complexity index is 751. The highest BCUT2D eigenvalue weighted by Gasteiger charge is 2.12. The van der Waals surface area contributed by atoms with Crippen molar-refractivity contribution in [3.8, 4) is 0 Å². The molecule has 0 unspecified atom stereocenters. The van der Waals surface area contributed by atoms with Gasteiger partial charge in [0.25, 0.3) is 0 Å². The van der Waals surface area contributed by atoms with Crippen molar-refractivity contribution in [3.05, 3.63) is 53.3 Å². The first kappa shape index (κ1) is 20.4. The highest BCUT2D eigenvalue weighted by atomic mass is 16.5. The number of rotatable bonds is 8. The lowest BCUT2D eigenvalue weighted by Crippen LogP contribution is -2.38. The first-order valence-electron chi connectivity index (χ1n) is 10.0. The minimum Gasteiger partial charge on any atom is -0.379 e. The molecule has 0 saturated carbocycles. The fourth-order valence-corrected chi connectivity index (χ4v) is 3.38. The Balaban J connectivity index is 1.44. The van der Waals surface area contributed by atoms with Crippen LogP contribution in [-0.4, -0.2) is 60.5 Å². The molecule has 0 aliphatic carbocycles. The number of guanidine groups is 1. The number of aryl methyl sites for hydroxylation is 2. The van der Waals surface area contributed by atoms with Gasteiger partial charge < -0.3 is 15.4 Å². The third kappa shape index (κ3) is 6.35. The molecule has 0 bridgehead atoms. The van der Waals surface area contributed by atoms with Gasteiger partial charge in [0.15, 0.2) is 5.96 Å². The minimum atomic E-state index is 0.767. The zero-order valence-electron chi connectivity index (χ0n) is 17.0. The Hall–Kier alpha value is -2.38. The van der Waals surface area contributed by atoms with E-state index in [9.17, 15) is 0 Å². The second-order valence-electron chi connectivity index (χ2n) is 7.14. The maximum atomic E-state index is 5.45. The van der Waals surface area contributed by atoms with Crippen molar-refractivity contribution in [2.75, 3.05) is 39.9 Å². The van der Waals surface area contributed by atoms with Crippen molar-refractivity contribution in [1.82, 2.24) is 25.3 Å². The van der Waals surface area contributed by atoms with E-state index in [1.54, 1.807) is 0 Å². The molecule has 0 radical (unpaired) electrons. The normalized spacial score (nSPS) is 15.6. The Morgan fingerprint density at radius 1 is 1.18 bits per heavy atom. The van der Waals surface area contributed by atoms with Crippen LogP contribution in [0.1, 0.15) is 23.1 Å². The summed E-state index contributed by atoms with van der Waals surface area (Å²) < 4.78 is 7.30. The molecule has 1 saturated heterocycles. The smallest absolute Gasteiger partial charge is 0.191 e. The average Bonchev–Trinajstić information content (AvgIpc) is 3.14. The standard InChI is InChI=1S/C21H32N6O/c1-22-21(23-9-5-6-18-14-25-26(2)16-18)24-15-19-7-3-4-8-20(19)17-27-10-12-28-13-11-27/h3-4,7-8,14,16H,5-6,9-13,15,17H2,1-2H3,(H2,22,23,24). The van der Waals surface area contributed by atoms with E-state index in [0.717, 1.165) is 64.7 Å². The number of aromatic nitrogens is 2. The summed E-state index contributed by atoms with van der Waals surface area (Å²) >= 11 is 0. The quantitative estimate of drug-likeness (QED) is 0.411. The van der Waals surface area contributed by atoms with Gasteiger partial charge in [0.1, 0.15) is 0 Å². The van der Waals surface area contributed by atoms with Gasteiger partial charge in [0.2, 0.25) is 0 Å². The predicted molar refractivity (Wildman–Crippen MR) is 112 cm³/mol. The molecular formula is C21H32N6O. The van der Waals surface area contributed by atoms with Crippen molar-refractivity contribution in [2.24, 2.45) is 12.0 Å². The fourth-order valence-electron chi connectivity index (χ4n) is 3.38. The van der Waals surface area contributed by atoms with Gasteiger partial charge in [0, 0.05) is 53.0 Å². The lowest BCUT2D eigenvalue weighted by molar-refractivity contribution is 0.0341. The van der Waals surface area contributed by atoms with E-state index in [0.29, 0.717) is 0 Å². The molecule has 2 N–H and O–H groups in total. The first-order chi connectivity index (χ1) is 13.7. The van der Waals surface area contributed by atoms with Crippen LogP contribution in [0.2, 0.25) is 0 Å². The summed E-state index contributed by atoms with van der Waals surface area (Å²) in [7, 11) is 3.76. The van der Waals surface area contributed by atoms with Crippen LogP contribution in [0.3, 0.4) is 0 Å². The number of nitrogens with one attached hydrogen (secondary N) is 2. The highest BCUT2D eigenvalue weighted by molar-refractivity contribution is 5.79. The molecule has 1 aliphatic heterocycles. The number of morpholine rings is 1. The molecule has 0 amide bonds. The molecule has 0 spiro atoms. The number of benzene rings is 1. The van der Waals surface area contributed by atoms with Crippen LogP contribution in [0.5, 0.6) is 0 Å². The third-order valence-electron chi connectivity index (χ3n) is 4.98. The molecule has 0 atom stereocenters. The van der Waals surface area contributed by atoms with Gasteiger partial charge in [-0.2, -0.15) is 5.10 Å². The Morgan fingerprint density at radius 3 is 2.68 bits per heavy atom. The summed E-state index contributed by atoms with van der Waals surface area (Å²) in [5.41, 5.74) is 3.94. The van der Waals surface area contributed by atoms with Crippen LogP contribution in [0, 0.1) is 0 Å². The van der Waals surface area contributed by atoms with E-state index in [1.807, 2.05) is 25.0 Å². The molecule has 7 heteroatoms. The molecule has 2 heterocycles. The predicted octanol–water partition coefficient (Wildman–Crippen LogP) is 1.55. The zero-order valence-corrected chi connectivity index (χ0v) is 17.0. The topological polar surface area (TPSA) is 66.7 Å². The average molecular weight is 385 g/mol. The van der Waals surface area contributed by atoms with Crippen molar-refractivity contribution >= 4 is 5.96 Å². The highest BCUT2D eigenvalue weighted by Crippen LogP contribution is 2.13. The van der Waals surface area contributed by atoms with Crippen LogP contribution < -0.4 is 10.6 Å². The van der Waals surface area contributed by atoms with Crippen molar-refractivity contribution in [3.63, 3.8) is 0 Å². The minimum absolute atomic E-state index is 0.767.